The number of hydrogen-bond donors (Lipinski definition) is 1. The van der Waals surface area contributed by atoms with E-state index in [2.05, 4.69) is 22.1 Å². The van der Waals surface area contributed by atoms with E-state index in [1.165, 1.54) is 4.90 Å². The molecule has 2 atom stereocenters. The van der Waals surface area contributed by atoms with Crippen molar-refractivity contribution in [1.29, 1.82) is 0 Å². The van der Waals surface area contributed by atoms with Gasteiger partial charge in [0.2, 0.25) is 0 Å². The fourth-order valence-corrected chi connectivity index (χ4v) is 2.24. The minimum atomic E-state index is 0.0973. The summed E-state index contributed by atoms with van der Waals surface area (Å²) in [7, 11) is 0. The number of piperidine rings is 1. The fraction of sp³-hybridized carbons (Fsp3) is 0.444. The van der Waals surface area contributed by atoms with Crippen LogP contribution in [0.1, 0.15) is 12.8 Å². The Kier molecular flexibility index (Phi) is 2.15. The van der Waals surface area contributed by atoms with E-state index in [4.69, 9.17) is 0 Å². The maximum absolute atomic E-state index is 11.4. The monoisotopic (exact) mass is 228 g/mol. The maximum atomic E-state index is 11.4. The van der Waals surface area contributed by atoms with E-state index in [-0.39, 0.29) is 6.04 Å². The van der Waals surface area contributed by atoms with Crippen molar-refractivity contribution in [2.75, 3.05) is 6.54 Å². The average molecular weight is 229 g/mol. The summed E-state index contributed by atoms with van der Waals surface area (Å²) in [6.07, 6.45) is 7.83. The molecule has 2 aliphatic rings. The SMILES string of the molecule is O=C1CCC[NH+]2C=C(Br)C=C[C@H]12. The summed E-state index contributed by atoms with van der Waals surface area (Å²) in [6.45, 7) is 1.08. The Balaban J connectivity index is 2.22. The molecule has 3 heteroatoms. The lowest BCUT2D eigenvalue weighted by Crippen LogP contribution is -3.14. The van der Waals surface area contributed by atoms with Crippen LogP contribution in [0, 0.1) is 0 Å². The highest BCUT2D eigenvalue weighted by Gasteiger charge is 2.31. The van der Waals surface area contributed by atoms with Gasteiger partial charge in [-0.2, -0.15) is 0 Å². The van der Waals surface area contributed by atoms with Gasteiger partial charge in [-0.15, -0.1) is 0 Å². The van der Waals surface area contributed by atoms with E-state index >= 15 is 0 Å². The van der Waals surface area contributed by atoms with Crippen molar-refractivity contribution in [2.45, 2.75) is 18.9 Å². The van der Waals surface area contributed by atoms with Gasteiger partial charge in [0.1, 0.15) is 6.20 Å². The highest BCUT2D eigenvalue weighted by atomic mass is 79.9. The normalized spacial score (nSPS) is 34.4. The molecule has 2 nitrogen and oxygen atoms in total. The molecule has 0 aromatic carbocycles. The third-order valence-electron chi connectivity index (χ3n) is 2.41. The number of carbonyl (C=O) groups excluding carboxylic acids is 1. The first-order valence-electron chi connectivity index (χ1n) is 4.21. The Morgan fingerprint density at radius 2 is 2.42 bits per heavy atom. The molecule has 1 unspecified atom stereocenters. The van der Waals surface area contributed by atoms with E-state index in [1.54, 1.807) is 0 Å². The lowest BCUT2D eigenvalue weighted by Gasteiger charge is -2.28. The van der Waals surface area contributed by atoms with Crippen LogP contribution in [-0.2, 0) is 4.79 Å². The number of carbonyl (C=O) groups is 1. The fourth-order valence-electron chi connectivity index (χ4n) is 1.79. The van der Waals surface area contributed by atoms with Crippen LogP contribution in [0.15, 0.2) is 22.8 Å². The van der Waals surface area contributed by atoms with Gasteiger partial charge in [0.05, 0.1) is 11.0 Å². The van der Waals surface area contributed by atoms with E-state index in [0.29, 0.717) is 5.78 Å². The average Bonchev–Trinajstić information content (AvgIpc) is 2.04. The second-order valence-electron chi connectivity index (χ2n) is 3.26. The molecule has 0 saturated carbocycles. The van der Waals surface area contributed by atoms with Crippen molar-refractivity contribution < 1.29 is 9.69 Å². The first kappa shape index (κ1) is 8.20. The van der Waals surface area contributed by atoms with Gasteiger partial charge in [0, 0.05) is 12.8 Å². The molecule has 1 saturated heterocycles. The first-order valence-corrected chi connectivity index (χ1v) is 5.00. The number of nitrogens with one attached hydrogen (secondary N) is 1. The Labute approximate surface area is 80.1 Å². The topological polar surface area (TPSA) is 21.5 Å². The minimum absolute atomic E-state index is 0.0973. The quantitative estimate of drug-likeness (QED) is 0.638. The molecule has 0 aromatic rings. The number of allylic oxidation sites excluding steroid dienone is 2. The Morgan fingerprint density at radius 3 is 3.25 bits per heavy atom. The number of fused-ring (bicyclic) bond motifs is 1. The van der Waals surface area contributed by atoms with Crippen LogP contribution in [0.4, 0.5) is 0 Å². The van der Waals surface area contributed by atoms with Crippen LogP contribution in [0.2, 0.25) is 0 Å². The van der Waals surface area contributed by atoms with Gasteiger partial charge in [-0.25, -0.2) is 0 Å². The van der Waals surface area contributed by atoms with Gasteiger partial charge in [-0.05, 0) is 28.1 Å². The zero-order valence-corrected chi connectivity index (χ0v) is 8.30. The van der Waals surface area contributed by atoms with Crippen LogP contribution in [-0.4, -0.2) is 18.4 Å². The molecule has 1 N–H and O–H groups in total. The molecule has 64 valence electrons. The molecule has 2 rings (SSSR count). The minimum Gasteiger partial charge on any atom is -0.296 e. The van der Waals surface area contributed by atoms with Crippen molar-refractivity contribution in [3.8, 4) is 0 Å². The zero-order chi connectivity index (χ0) is 8.55. The lowest BCUT2D eigenvalue weighted by atomic mass is 9.99. The highest BCUT2D eigenvalue weighted by Crippen LogP contribution is 2.11. The number of ketones is 1. The predicted molar refractivity (Wildman–Crippen MR) is 50.0 cm³/mol. The summed E-state index contributed by atoms with van der Waals surface area (Å²) in [6, 6.07) is 0.0973. The largest absolute Gasteiger partial charge is 0.296 e. The van der Waals surface area contributed by atoms with Crippen molar-refractivity contribution in [2.24, 2.45) is 0 Å². The van der Waals surface area contributed by atoms with Gasteiger partial charge in [0.25, 0.3) is 0 Å². The van der Waals surface area contributed by atoms with Gasteiger partial charge in [-0.3, -0.25) is 9.69 Å². The Hall–Kier alpha value is -0.410. The predicted octanol–water partition coefficient (Wildman–Crippen LogP) is 0.409. The summed E-state index contributed by atoms with van der Waals surface area (Å²) >= 11 is 3.41. The number of rotatable bonds is 0. The molecule has 0 aliphatic carbocycles. The summed E-state index contributed by atoms with van der Waals surface area (Å²) in [5, 5.41) is 0. The van der Waals surface area contributed by atoms with Gasteiger partial charge < -0.3 is 0 Å². The molecular formula is C9H11BrNO+. The van der Waals surface area contributed by atoms with Crippen molar-refractivity contribution in [1.82, 2.24) is 0 Å². The smallest absolute Gasteiger partial charge is 0.194 e. The molecule has 0 aromatic heterocycles. The molecule has 12 heavy (non-hydrogen) atoms. The highest BCUT2D eigenvalue weighted by molar-refractivity contribution is 9.11. The summed E-state index contributed by atoms with van der Waals surface area (Å²) in [5.41, 5.74) is 0. The number of halogens is 1. The standard InChI is InChI=1S/C9H10BrNO/c10-7-3-4-8-9(12)2-1-5-11(8)6-7/h3-4,6,8H,1-2,5H2/p+1/t8-/m1/s1. The molecule has 0 bridgehead atoms. The third-order valence-corrected chi connectivity index (χ3v) is 2.90. The zero-order valence-electron chi connectivity index (χ0n) is 6.72. The van der Waals surface area contributed by atoms with Gasteiger partial charge in [-0.1, -0.05) is 0 Å². The molecule has 0 amide bonds. The van der Waals surface area contributed by atoms with Crippen molar-refractivity contribution in [3.63, 3.8) is 0 Å². The van der Waals surface area contributed by atoms with Crippen molar-refractivity contribution >= 4 is 21.7 Å². The second-order valence-corrected chi connectivity index (χ2v) is 4.18. The molecule has 2 aliphatic heterocycles. The lowest BCUT2D eigenvalue weighted by molar-refractivity contribution is -0.861. The maximum Gasteiger partial charge on any atom is 0.194 e. The van der Waals surface area contributed by atoms with Gasteiger partial charge in [0.15, 0.2) is 11.8 Å². The van der Waals surface area contributed by atoms with Crippen LogP contribution in [0.3, 0.4) is 0 Å². The van der Waals surface area contributed by atoms with Crippen LogP contribution in [0.25, 0.3) is 0 Å². The second kappa shape index (κ2) is 3.15. The van der Waals surface area contributed by atoms with E-state index in [1.807, 2.05) is 12.2 Å². The molecule has 0 radical (unpaired) electrons. The number of hydrogen-bond acceptors (Lipinski definition) is 1. The first-order chi connectivity index (χ1) is 5.77. The Bertz CT molecular complexity index is 270. The van der Waals surface area contributed by atoms with Gasteiger partial charge >= 0.3 is 0 Å². The van der Waals surface area contributed by atoms with Crippen LogP contribution < -0.4 is 4.90 Å². The van der Waals surface area contributed by atoms with E-state index in [0.717, 1.165) is 23.9 Å². The summed E-state index contributed by atoms with van der Waals surface area (Å²) < 4.78 is 1.09. The Morgan fingerprint density at radius 1 is 1.58 bits per heavy atom. The number of quaternary nitrogens is 1. The molecular weight excluding hydrogens is 218 g/mol. The number of Topliss-reactive ketones (excluding diaryl/α,β-unsaturated/α-hetero) is 1. The van der Waals surface area contributed by atoms with Crippen LogP contribution >= 0.6 is 15.9 Å². The van der Waals surface area contributed by atoms with Crippen LogP contribution in [0.5, 0.6) is 0 Å². The molecule has 1 fully saturated rings. The summed E-state index contributed by atoms with van der Waals surface area (Å²) in [5.74, 6) is 0.378. The van der Waals surface area contributed by atoms with E-state index in [9.17, 15) is 4.79 Å². The summed E-state index contributed by atoms with van der Waals surface area (Å²) in [4.78, 5) is 12.7. The molecule has 0 spiro atoms. The third kappa shape index (κ3) is 1.39. The van der Waals surface area contributed by atoms with Crippen molar-refractivity contribution in [3.05, 3.63) is 22.8 Å². The molecule has 2 heterocycles. The van der Waals surface area contributed by atoms with E-state index < -0.39 is 0 Å².